The molecule has 6 nitrogen and oxygen atoms in total. The molecule has 2 aromatic carbocycles. The van der Waals surface area contributed by atoms with Crippen LogP contribution in [0.5, 0.6) is 0 Å². The number of hydrogen-bond acceptors (Lipinski definition) is 5. The number of nitrogen functional groups attached to an aromatic ring is 1. The number of benzene rings is 2. The van der Waals surface area contributed by atoms with Crippen LogP contribution >= 0.6 is 11.6 Å². The molecule has 2 aliphatic rings. The molecule has 1 amide bonds. The zero-order chi connectivity index (χ0) is 24.4. The maximum absolute atomic E-state index is 14.7. The minimum Gasteiger partial charge on any atom is -0.383 e. The molecule has 3 aromatic rings. The third kappa shape index (κ3) is 3.57. The Balaban J connectivity index is 1.54. The number of carbonyl (C=O) groups is 1. The molecule has 1 aromatic heterocycles. The van der Waals surface area contributed by atoms with E-state index in [2.05, 4.69) is 4.98 Å². The number of ether oxygens (including phenoxy) is 2. The van der Waals surface area contributed by atoms with Gasteiger partial charge in [0.1, 0.15) is 11.6 Å². The molecule has 3 heterocycles. The summed E-state index contributed by atoms with van der Waals surface area (Å²) in [6, 6.07) is 4.21. The lowest BCUT2D eigenvalue weighted by atomic mass is 9.94. The highest BCUT2D eigenvalue weighted by Crippen LogP contribution is 2.39. The maximum Gasteiger partial charge on any atom is 0.419 e. The molecule has 0 radical (unpaired) electrons. The Morgan fingerprint density at radius 1 is 1.15 bits per heavy atom. The van der Waals surface area contributed by atoms with Gasteiger partial charge >= 0.3 is 6.18 Å². The molecular weight excluding hydrogens is 478 g/mol. The first kappa shape index (κ1) is 22.8. The Morgan fingerprint density at radius 3 is 2.59 bits per heavy atom. The molecule has 0 aliphatic carbocycles. The van der Waals surface area contributed by atoms with Crippen LogP contribution in [0.3, 0.4) is 0 Å². The second-order valence-corrected chi connectivity index (χ2v) is 8.64. The zero-order valence-corrected chi connectivity index (χ0v) is 18.6. The maximum atomic E-state index is 14.7. The number of halogens is 5. The Morgan fingerprint density at radius 2 is 1.85 bits per heavy atom. The first-order chi connectivity index (χ1) is 16.1. The van der Waals surface area contributed by atoms with Crippen molar-refractivity contribution in [3.63, 3.8) is 0 Å². The number of alkyl halides is 3. The number of nitrogens with two attached hydrogens (primary N) is 1. The highest BCUT2D eigenvalue weighted by atomic mass is 35.5. The molecule has 1 atom stereocenters. The van der Waals surface area contributed by atoms with E-state index in [9.17, 15) is 22.4 Å². The standard InChI is InChI=1S/C23H18ClF4N3O3/c1-31(19-9-34-7-14-10(19)2-3-16(20(14)25)23(26,27)28)22(32)12-4-11-13-6-33-8-15(13)21(29)30-18(11)5-17(12)24/h2-5,19H,6-9H2,1H3,(H2,29,30)/t19-/m0/s1. The van der Waals surface area contributed by atoms with E-state index in [-0.39, 0.29) is 34.9 Å². The lowest BCUT2D eigenvalue weighted by Gasteiger charge is -2.34. The topological polar surface area (TPSA) is 77.7 Å². The van der Waals surface area contributed by atoms with Gasteiger partial charge in [0, 0.05) is 23.6 Å². The van der Waals surface area contributed by atoms with Crippen LogP contribution in [0.25, 0.3) is 10.9 Å². The van der Waals surface area contributed by atoms with Crippen molar-refractivity contribution >= 4 is 34.2 Å². The third-order valence-corrected chi connectivity index (χ3v) is 6.61. The van der Waals surface area contributed by atoms with Crippen LogP contribution in [0.4, 0.5) is 23.4 Å². The van der Waals surface area contributed by atoms with Crippen LogP contribution in [0.2, 0.25) is 5.02 Å². The van der Waals surface area contributed by atoms with E-state index in [1.54, 1.807) is 6.07 Å². The van der Waals surface area contributed by atoms with E-state index in [0.717, 1.165) is 11.1 Å². The molecule has 34 heavy (non-hydrogen) atoms. The summed E-state index contributed by atoms with van der Waals surface area (Å²) in [5.41, 5.74) is 6.93. The molecule has 2 N–H and O–H groups in total. The number of amides is 1. The number of carbonyl (C=O) groups excluding carboxylic acids is 1. The van der Waals surface area contributed by atoms with Gasteiger partial charge in [0.15, 0.2) is 0 Å². The highest BCUT2D eigenvalue weighted by Gasteiger charge is 2.38. The van der Waals surface area contributed by atoms with E-state index in [1.165, 1.54) is 24.1 Å². The van der Waals surface area contributed by atoms with Crippen LogP contribution in [-0.2, 0) is 35.5 Å². The summed E-state index contributed by atoms with van der Waals surface area (Å²) in [5, 5.41) is 0.801. The van der Waals surface area contributed by atoms with Crippen molar-refractivity contribution in [3.8, 4) is 0 Å². The fraction of sp³-hybridized carbons (Fsp3) is 0.304. The summed E-state index contributed by atoms with van der Waals surface area (Å²) >= 11 is 6.40. The lowest BCUT2D eigenvalue weighted by molar-refractivity contribution is -0.140. The summed E-state index contributed by atoms with van der Waals surface area (Å²) in [5.74, 6) is -1.56. The lowest BCUT2D eigenvalue weighted by Crippen LogP contribution is -2.37. The molecule has 0 bridgehead atoms. The van der Waals surface area contributed by atoms with Crippen LogP contribution in [0, 0.1) is 5.82 Å². The molecule has 0 spiro atoms. The molecule has 11 heteroatoms. The molecule has 0 saturated heterocycles. The van der Waals surface area contributed by atoms with Crippen LogP contribution < -0.4 is 5.73 Å². The molecule has 5 rings (SSSR count). The Hall–Kier alpha value is -2.95. The van der Waals surface area contributed by atoms with Gasteiger partial charge in [-0.1, -0.05) is 17.7 Å². The van der Waals surface area contributed by atoms with E-state index < -0.39 is 29.5 Å². The number of pyridine rings is 1. The fourth-order valence-electron chi connectivity index (χ4n) is 4.48. The SMILES string of the molecule is CN(C(=O)c1cc2c3c(c(N)nc2cc1Cl)COC3)[C@H]1COCc2c1ccc(C(F)(F)F)c2F. The highest BCUT2D eigenvalue weighted by molar-refractivity contribution is 6.34. The second kappa shape index (κ2) is 8.07. The third-order valence-electron chi connectivity index (χ3n) is 6.30. The van der Waals surface area contributed by atoms with Gasteiger partial charge in [0.25, 0.3) is 5.91 Å². The van der Waals surface area contributed by atoms with E-state index in [1.807, 2.05) is 0 Å². The largest absolute Gasteiger partial charge is 0.419 e. The van der Waals surface area contributed by atoms with Gasteiger partial charge in [0.05, 0.1) is 54.1 Å². The van der Waals surface area contributed by atoms with E-state index in [0.29, 0.717) is 36.0 Å². The number of hydrogen-bond donors (Lipinski definition) is 1. The van der Waals surface area contributed by atoms with Crippen LogP contribution in [-0.4, -0.2) is 29.4 Å². The van der Waals surface area contributed by atoms with Gasteiger partial charge in [-0.3, -0.25) is 4.79 Å². The molecule has 0 unspecified atom stereocenters. The Bertz CT molecular complexity index is 1350. The molecule has 2 aliphatic heterocycles. The van der Waals surface area contributed by atoms with E-state index in [4.69, 9.17) is 26.8 Å². The number of anilines is 1. The summed E-state index contributed by atoms with van der Waals surface area (Å²) in [7, 11) is 1.47. The fourth-order valence-corrected chi connectivity index (χ4v) is 4.72. The number of nitrogens with zero attached hydrogens (tertiary/aromatic N) is 2. The summed E-state index contributed by atoms with van der Waals surface area (Å²) in [6.45, 7) is 0.304. The van der Waals surface area contributed by atoms with Crippen LogP contribution in [0.1, 0.15) is 44.2 Å². The quantitative estimate of drug-likeness (QED) is 0.506. The smallest absolute Gasteiger partial charge is 0.383 e. The second-order valence-electron chi connectivity index (χ2n) is 8.24. The van der Waals surface area contributed by atoms with Crippen molar-refractivity contribution in [1.29, 1.82) is 0 Å². The van der Waals surface area contributed by atoms with Crippen molar-refractivity contribution in [3.05, 3.63) is 68.5 Å². The van der Waals surface area contributed by atoms with E-state index >= 15 is 0 Å². The summed E-state index contributed by atoms with van der Waals surface area (Å²) < 4.78 is 64.9. The van der Waals surface area contributed by atoms with Crippen molar-refractivity contribution in [2.45, 2.75) is 32.0 Å². The van der Waals surface area contributed by atoms with Crippen LogP contribution in [0.15, 0.2) is 24.3 Å². The number of fused-ring (bicyclic) bond motifs is 4. The average molecular weight is 496 g/mol. The summed E-state index contributed by atoms with van der Waals surface area (Å²) in [4.78, 5) is 19.1. The van der Waals surface area contributed by atoms with Crippen molar-refractivity contribution < 1.29 is 31.8 Å². The predicted molar refractivity (Wildman–Crippen MR) is 116 cm³/mol. The van der Waals surface area contributed by atoms with Gasteiger partial charge in [-0.2, -0.15) is 13.2 Å². The predicted octanol–water partition coefficient (Wildman–Crippen LogP) is 5.00. The Labute approximate surface area is 196 Å². The van der Waals surface area contributed by atoms with Gasteiger partial charge in [-0.25, -0.2) is 9.37 Å². The van der Waals surface area contributed by atoms with Gasteiger partial charge < -0.3 is 20.1 Å². The first-order valence-electron chi connectivity index (χ1n) is 10.3. The molecule has 0 saturated carbocycles. The Kier molecular flexibility index (Phi) is 5.42. The first-order valence-corrected chi connectivity index (χ1v) is 10.7. The number of aromatic nitrogens is 1. The molecule has 178 valence electrons. The average Bonchev–Trinajstić information content (AvgIpc) is 3.28. The molecule has 0 fully saturated rings. The molecular formula is C23H18ClF4N3O3. The summed E-state index contributed by atoms with van der Waals surface area (Å²) in [6.07, 6.45) is -4.84. The van der Waals surface area contributed by atoms with Crippen molar-refractivity contribution in [2.24, 2.45) is 0 Å². The van der Waals surface area contributed by atoms with Gasteiger partial charge in [0.2, 0.25) is 0 Å². The van der Waals surface area contributed by atoms with Crippen molar-refractivity contribution in [1.82, 2.24) is 9.88 Å². The number of rotatable bonds is 2. The minimum absolute atomic E-state index is 0.00737. The monoisotopic (exact) mass is 495 g/mol. The minimum atomic E-state index is -4.84. The van der Waals surface area contributed by atoms with Gasteiger partial charge in [-0.15, -0.1) is 0 Å². The number of likely N-dealkylation sites (N-methyl/N-ethyl adjacent to an activating group) is 1. The van der Waals surface area contributed by atoms with Gasteiger partial charge in [-0.05, 0) is 29.3 Å². The van der Waals surface area contributed by atoms with Crippen molar-refractivity contribution in [2.75, 3.05) is 19.4 Å². The zero-order valence-electron chi connectivity index (χ0n) is 17.8. The normalized spacial score (nSPS) is 17.5.